The molecule has 2 amide bonds. The Bertz CT molecular complexity index is 380. The van der Waals surface area contributed by atoms with Gasteiger partial charge in [-0.3, -0.25) is 9.69 Å². The van der Waals surface area contributed by atoms with Gasteiger partial charge in [-0.25, -0.2) is 4.79 Å². The quantitative estimate of drug-likeness (QED) is 0.448. The molecule has 0 spiro atoms. The van der Waals surface area contributed by atoms with E-state index in [9.17, 15) is 19.5 Å². The number of rotatable bonds is 1. The molecule has 102 valence electrons. The van der Waals surface area contributed by atoms with Crippen LogP contribution in [0.15, 0.2) is 0 Å². The van der Waals surface area contributed by atoms with Crippen molar-refractivity contribution in [3.8, 4) is 0 Å². The molecule has 0 aromatic heterocycles. The molecule has 0 N–H and O–H groups in total. The number of hydrogen-bond acceptors (Lipinski definition) is 5. The second kappa shape index (κ2) is 6.31. The summed E-state index contributed by atoms with van der Waals surface area (Å²) in [6.45, 7) is 4.77. The van der Waals surface area contributed by atoms with Gasteiger partial charge in [-0.1, -0.05) is 0 Å². The van der Waals surface area contributed by atoms with Gasteiger partial charge < -0.3 is 19.5 Å². The van der Waals surface area contributed by atoms with Crippen LogP contribution in [0.5, 0.6) is 0 Å². The standard InChI is InChI=1S/C11H18N2O5.Li/c1-11(2,3)18-10(17)13-5-7(9(15)16)12(4)8(14)6-13;/h7H,5-6H2,1-4H3,(H,15,16);/q;+1/p-1. The van der Waals surface area contributed by atoms with E-state index in [4.69, 9.17) is 4.74 Å². The zero-order valence-corrected chi connectivity index (χ0v) is 11.9. The summed E-state index contributed by atoms with van der Waals surface area (Å²) in [5.74, 6) is -1.85. The summed E-state index contributed by atoms with van der Waals surface area (Å²) in [5.41, 5.74) is -0.694. The maximum absolute atomic E-state index is 11.8. The zero-order valence-electron chi connectivity index (χ0n) is 11.9. The van der Waals surface area contributed by atoms with Gasteiger partial charge in [0.15, 0.2) is 0 Å². The Labute approximate surface area is 124 Å². The predicted molar refractivity (Wildman–Crippen MR) is 59.4 cm³/mol. The fourth-order valence-corrected chi connectivity index (χ4v) is 1.54. The number of carbonyl (C=O) groups excluding carboxylic acids is 3. The largest absolute Gasteiger partial charge is 1.00 e. The first-order valence-electron chi connectivity index (χ1n) is 5.56. The van der Waals surface area contributed by atoms with Crippen LogP contribution in [0, 0.1) is 0 Å². The first-order valence-corrected chi connectivity index (χ1v) is 5.56. The molecule has 0 bridgehead atoms. The minimum Gasteiger partial charge on any atom is -0.548 e. The van der Waals surface area contributed by atoms with E-state index in [1.807, 2.05) is 0 Å². The maximum atomic E-state index is 11.8. The molecule has 1 atom stereocenters. The van der Waals surface area contributed by atoms with E-state index < -0.39 is 29.6 Å². The Hall–Kier alpha value is -1.19. The van der Waals surface area contributed by atoms with Crippen LogP contribution < -0.4 is 24.0 Å². The summed E-state index contributed by atoms with van der Waals surface area (Å²) < 4.78 is 5.09. The number of aliphatic carboxylic acids is 1. The summed E-state index contributed by atoms with van der Waals surface area (Å²) in [7, 11) is 1.37. The molecule has 1 unspecified atom stereocenters. The number of piperazine rings is 1. The predicted octanol–water partition coefficient (Wildman–Crippen LogP) is -4.18. The van der Waals surface area contributed by atoms with Crippen LogP contribution in [0.25, 0.3) is 0 Å². The molecule has 1 aliphatic heterocycles. The fraction of sp³-hybridized carbons (Fsp3) is 0.727. The van der Waals surface area contributed by atoms with Gasteiger partial charge in [-0.15, -0.1) is 0 Å². The molecule has 1 fully saturated rings. The molecule has 1 heterocycles. The van der Waals surface area contributed by atoms with Gasteiger partial charge in [-0.05, 0) is 20.8 Å². The topological polar surface area (TPSA) is 90.0 Å². The Morgan fingerprint density at radius 3 is 2.32 bits per heavy atom. The van der Waals surface area contributed by atoms with E-state index in [2.05, 4.69) is 0 Å². The third kappa shape index (κ3) is 4.77. The number of carboxylic acids is 1. The Balaban J connectivity index is 0.00000324. The van der Waals surface area contributed by atoms with Crippen molar-refractivity contribution in [1.82, 2.24) is 9.80 Å². The molecular weight excluding hydrogens is 247 g/mol. The smallest absolute Gasteiger partial charge is 0.548 e. The van der Waals surface area contributed by atoms with Gasteiger partial charge in [0.05, 0.1) is 18.6 Å². The van der Waals surface area contributed by atoms with Crippen molar-refractivity contribution >= 4 is 18.0 Å². The van der Waals surface area contributed by atoms with Crippen molar-refractivity contribution in [2.45, 2.75) is 32.4 Å². The molecule has 0 radical (unpaired) electrons. The molecule has 7 nitrogen and oxygen atoms in total. The fourth-order valence-electron chi connectivity index (χ4n) is 1.54. The summed E-state index contributed by atoms with van der Waals surface area (Å²) >= 11 is 0. The third-order valence-electron chi connectivity index (χ3n) is 2.50. The average Bonchev–Trinajstić information content (AvgIpc) is 2.18. The average molecular weight is 264 g/mol. The van der Waals surface area contributed by atoms with Gasteiger partial charge in [-0.2, -0.15) is 0 Å². The molecule has 0 saturated carbocycles. The molecule has 19 heavy (non-hydrogen) atoms. The molecule has 1 saturated heterocycles. The Morgan fingerprint density at radius 2 is 1.89 bits per heavy atom. The molecule has 0 aromatic carbocycles. The minimum atomic E-state index is -1.39. The van der Waals surface area contributed by atoms with Crippen molar-refractivity contribution in [2.75, 3.05) is 20.1 Å². The number of likely N-dealkylation sites (N-methyl/N-ethyl adjacent to an activating group) is 1. The van der Waals surface area contributed by atoms with E-state index in [1.165, 1.54) is 7.05 Å². The van der Waals surface area contributed by atoms with Crippen molar-refractivity contribution in [3.63, 3.8) is 0 Å². The Kier molecular flexibility index (Phi) is 5.91. The van der Waals surface area contributed by atoms with Crippen molar-refractivity contribution < 1.29 is 43.1 Å². The normalized spacial score (nSPS) is 19.8. The molecule has 1 rings (SSSR count). The van der Waals surface area contributed by atoms with Gasteiger partial charge in [0, 0.05) is 7.05 Å². The van der Waals surface area contributed by atoms with Gasteiger partial charge in [0.1, 0.15) is 12.1 Å². The summed E-state index contributed by atoms with van der Waals surface area (Å²) in [6, 6.07) is -1.14. The second-order valence-electron chi connectivity index (χ2n) is 5.20. The summed E-state index contributed by atoms with van der Waals surface area (Å²) in [6.07, 6.45) is -0.699. The van der Waals surface area contributed by atoms with E-state index in [0.29, 0.717) is 0 Å². The van der Waals surface area contributed by atoms with E-state index in [-0.39, 0.29) is 32.0 Å². The van der Waals surface area contributed by atoms with Crippen LogP contribution in [0.1, 0.15) is 20.8 Å². The van der Waals surface area contributed by atoms with Crippen LogP contribution in [-0.2, 0) is 14.3 Å². The van der Waals surface area contributed by atoms with Crippen LogP contribution >= 0.6 is 0 Å². The SMILES string of the molecule is CN1C(=O)CN(C(=O)OC(C)(C)C)CC1C(=O)[O-].[Li+]. The third-order valence-corrected chi connectivity index (χ3v) is 2.50. The molecule has 1 aliphatic rings. The summed E-state index contributed by atoms with van der Waals surface area (Å²) in [4.78, 5) is 36.4. The second-order valence-corrected chi connectivity index (χ2v) is 5.20. The van der Waals surface area contributed by atoms with Crippen LogP contribution in [0.2, 0.25) is 0 Å². The van der Waals surface area contributed by atoms with E-state index >= 15 is 0 Å². The number of carbonyl (C=O) groups is 3. The van der Waals surface area contributed by atoms with Gasteiger partial charge >= 0.3 is 25.0 Å². The van der Waals surface area contributed by atoms with Crippen molar-refractivity contribution in [1.29, 1.82) is 0 Å². The molecule has 0 aromatic rings. The van der Waals surface area contributed by atoms with Gasteiger partial charge in [0.2, 0.25) is 5.91 Å². The van der Waals surface area contributed by atoms with Gasteiger partial charge in [0.25, 0.3) is 0 Å². The van der Waals surface area contributed by atoms with E-state index in [1.54, 1.807) is 20.8 Å². The zero-order chi connectivity index (χ0) is 14.1. The van der Waals surface area contributed by atoms with Crippen LogP contribution in [0.4, 0.5) is 4.79 Å². The number of amides is 2. The van der Waals surface area contributed by atoms with Crippen molar-refractivity contribution in [2.24, 2.45) is 0 Å². The Morgan fingerprint density at radius 1 is 1.37 bits per heavy atom. The maximum Gasteiger partial charge on any atom is 1.00 e. The number of carboxylic acid groups (broad SMARTS) is 1. The van der Waals surface area contributed by atoms with Crippen molar-refractivity contribution in [3.05, 3.63) is 0 Å². The number of nitrogens with zero attached hydrogens (tertiary/aromatic N) is 2. The monoisotopic (exact) mass is 264 g/mol. The van der Waals surface area contributed by atoms with Crippen LogP contribution in [0.3, 0.4) is 0 Å². The first-order chi connectivity index (χ1) is 8.11. The number of ether oxygens (including phenoxy) is 1. The van der Waals surface area contributed by atoms with Crippen LogP contribution in [-0.4, -0.2) is 59.5 Å². The molecule has 8 heteroatoms. The van der Waals surface area contributed by atoms with E-state index in [0.717, 1.165) is 9.80 Å². The molecular formula is C11H17LiN2O5. The summed E-state index contributed by atoms with van der Waals surface area (Å²) in [5, 5.41) is 10.9. The molecule has 0 aliphatic carbocycles. The first kappa shape index (κ1) is 17.8. The number of hydrogen-bond donors (Lipinski definition) is 0. The minimum absolute atomic E-state index is 0.